The van der Waals surface area contributed by atoms with Crippen LogP contribution in [0, 0.1) is 6.92 Å². The molecule has 1 unspecified atom stereocenters. The summed E-state index contributed by atoms with van der Waals surface area (Å²) >= 11 is 0. The zero-order chi connectivity index (χ0) is 27.8. The highest BCUT2D eigenvalue weighted by molar-refractivity contribution is 5.78. The fourth-order valence-corrected chi connectivity index (χ4v) is 5.26. The van der Waals surface area contributed by atoms with Gasteiger partial charge in [0.2, 0.25) is 0 Å². The molecule has 0 radical (unpaired) electrons. The van der Waals surface area contributed by atoms with Crippen molar-refractivity contribution in [1.82, 2.24) is 14.6 Å². The lowest BCUT2D eigenvalue weighted by Crippen LogP contribution is -2.45. The highest BCUT2D eigenvalue weighted by Gasteiger charge is 2.38. The number of hydrogen-bond acceptors (Lipinski definition) is 7. The van der Waals surface area contributed by atoms with Gasteiger partial charge < -0.3 is 24.2 Å². The Labute approximate surface area is 229 Å². The lowest BCUT2D eigenvalue weighted by Gasteiger charge is -2.41. The van der Waals surface area contributed by atoms with E-state index in [4.69, 9.17) is 24.3 Å². The number of para-hydroxylation sites is 1. The van der Waals surface area contributed by atoms with Gasteiger partial charge in [0, 0.05) is 37.7 Å². The van der Waals surface area contributed by atoms with Crippen LogP contribution in [0.3, 0.4) is 0 Å². The molecule has 4 bridgehead atoms. The van der Waals surface area contributed by atoms with Gasteiger partial charge in [-0.05, 0) is 65.2 Å². The number of aryl methyl sites for hydroxylation is 2. The number of carboxylic acid groups (broad SMARTS) is 1. The third kappa shape index (κ3) is 5.88. The van der Waals surface area contributed by atoms with Gasteiger partial charge in [0.15, 0.2) is 11.8 Å². The maximum atomic E-state index is 12.6. The average Bonchev–Trinajstić information content (AvgIpc) is 3.28. The molecule has 0 spiro atoms. The van der Waals surface area contributed by atoms with Crippen molar-refractivity contribution in [2.24, 2.45) is 0 Å². The number of piperidine rings is 1. The van der Waals surface area contributed by atoms with Crippen molar-refractivity contribution in [3.8, 4) is 5.75 Å². The molecule has 0 aliphatic carbocycles. The van der Waals surface area contributed by atoms with Crippen LogP contribution in [-0.2, 0) is 27.3 Å². The number of carbonyl (C=O) groups is 1. The van der Waals surface area contributed by atoms with Crippen LogP contribution in [0.5, 0.6) is 5.75 Å². The second-order valence-corrected chi connectivity index (χ2v) is 11.7. The van der Waals surface area contributed by atoms with Crippen LogP contribution in [0.2, 0.25) is 0 Å². The van der Waals surface area contributed by atoms with Gasteiger partial charge in [0.25, 0.3) is 0 Å². The first-order chi connectivity index (χ1) is 18.5. The maximum absolute atomic E-state index is 12.6. The zero-order valence-corrected chi connectivity index (χ0v) is 23.4. The van der Waals surface area contributed by atoms with Gasteiger partial charge in [-0.15, -0.1) is 0 Å². The second kappa shape index (κ2) is 10.5. The largest absolute Gasteiger partial charge is 0.495 e. The Hall–Kier alpha value is -3.59. The first-order valence-corrected chi connectivity index (χ1v) is 13.6. The van der Waals surface area contributed by atoms with E-state index in [0.29, 0.717) is 41.5 Å². The van der Waals surface area contributed by atoms with Crippen molar-refractivity contribution in [3.63, 3.8) is 0 Å². The molecule has 9 heteroatoms. The van der Waals surface area contributed by atoms with E-state index in [9.17, 15) is 9.90 Å². The summed E-state index contributed by atoms with van der Waals surface area (Å²) < 4.78 is 20.3. The van der Waals surface area contributed by atoms with E-state index < -0.39 is 17.7 Å². The van der Waals surface area contributed by atoms with E-state index in [1.165, 1.54) is 0 Å². The molecular weight excluding hydrogens is 496 g/mol. The van der Waals surface area contributed by atoms with Gasteiger partial charge in [-0.25, -0.2) is 9.78 Å². The van der Waals surface area contributed by atoms with Crippen molar-refractivity contribution < 1.29 is 24.1 Å². The predicted molar refractivity (Wildman–Crippen MR) is 148 cm³/mol. The van der Waals surface area contributed by atoms with E-state index in [1.807, 2.05) is 58.2 Å². The Bertz CT molecular complexity index is 1380. The molecule has 1 atom stereocenters. The van der Waals surface area contributed by atoms with E-state index >= 15 is 0 Å². The van der Waals surface area contributed by atoms with Crippen LogP contribution >= 0.6 is 0 Å². The Balaban J connectivity index is 1.64. The molecule has 9 nitrogen and oxygen atoms in total. The van der Waals surface area contributed by atoms with Gasteiger partial charge in [-0.3, -0.25) is 0 Å². The van der Waals surface area contributed by atoms with E-state index in [0.717, 1.165) is 37.0 Å². The highest BCUT2D eigenvalue weighted by atomic mass is 16.5. The van der Waals surface area contributed by atoms with Crippen LogP contribution in [0.4, 0.5) is 5.82 Å². The number of fused-ring (bicyclic) bond motifs is 6. The molecule has 0 amide bonds. The lowest BCUT2D eigenvalue weighted by atomic mass is 9.92. The number of benzene rings is 1. The normalized spacial score (nSPS) is 18.3. The number of aliphatic carboxylic acids is 1. The smallest absolute Gasteiger partial charge is 0.337 e. The lowest BCUT2D eigenvalue weighted by molar-refractivity contribution is -0.160. The minimum Gasteiger partial charge on any atom is -0.495 e. The van der Waals surface area contributed by atoms with Crippen LogP contribution < -0.4 is 9.64 Å². The standard InChI is InChI=1S/C30H38N4O5/c1-20-25(26(28(35)36)39-29(2,3)4)27-33-15-13-30(5,14-16-33)38-17-9-8-11-21-10-6-7-12-23(21)37-19-22-18-24(31-20)34(27)32-22/h6-7,9-10,12,17-18,26H,8,11,13-16,19H2,1-5H3,(H,35,36). The molecule has 1 N–H and O–H groups in total. The predicted octanol–water partition coefficient (Wildman–Crippen LogP) is 5.39. The van der Waals surface area contributed by atoms with Gasteiger partial charge in [-0.2, -0.15) is 9.61 Å². The molecule has 1 fully saturated rings. The summed E-state index contributed by atoms with van der Waals surface area (Å²) in [5.41, 5.74) is 2.62. The SMILES string of the molecule is Cc1nc2cc3nn2c(c1C(OC(C)(C)C)C(=O)O)N1CCC(C)(CC1)OC=CCCc1ccccc1OC3. The van der Waals surface area contributed by atoms with Gasteiger partial charge in [-0.1, -0.05) is 18.2 Å². The van der Waals surface area contributed by atoms with Crippen LogP contribution in [0.15, 0.2) is 42.7 Å². The van der Waals surface area contributed by atoms with Crippen LogP contribution in [-0.4, -0.2) is 50.0 Å². The van der Waals surface area contributed by atoms with Gasteiger partial charge in [0.05, 0.1) is 17.4 Å². The van der Waals surface area contributed by atoms with Crippen LogP contribution in [0.25, 0.3) is 5.65 Å². The first kappa shape index (κ1) is 27.0. The van der Waals surface area contributed by atoms with Crippen molar-refractivity contribution in [2.45, 2.75) is 84.2 Å². The minimum atomic E-state index is -1.20. The fraction of sp³-hybridized carbons (Fsp3) is 0.500. The Morgan fingerprint density at radius 2 is 1.95 bits per heavy atom. The number of nitrogens with zero attached hydrogens (tertiary/aromatic N) is 4. The van der Waals surface area contributed by atoms with E-state index in [-0.39, 0.29) is 12.2 Å². The number of rotatable bonds is 3. The molecule has 0 saturated carbocycles. The molecule has 1 aromatic carbocycles. The summed E-state index contributed by atoms with van der Waals surface area (Å²) in [5.74, 6) is 0.456. The monoisotopic (exact) mass is 534 g/mol. The Kier molecular flexibility index (Phi) is 7.29. The first-order valence-electron chi connectivity index (χ1n) is 13.6. The third-order valence-electron chi connectivity index (χ3n) is 7.31. The molecular formula is C30H38N4O5. The van der Waals surface area contributed by atoms with Crippen molar-refractivity contribution >= 4 is 17.4 Å². The molecule has 6 rings (SSSR count). The van der Waals surface area contributed by atoms with E-state index in [2.05, 4.69) is 24.0 Å². The summed E-state index contributed by atoms with van der Waals surface area (Å²) in [4.78, 5) is 19.6. The minimum absolute atomic E-state index is 0.270. The molecule has 3 aliphatic rings. The number of ether oxygens (including phenoxy) is 3. The second-order valence-electron chi connectivity index (χ2n) is 11.7. The molecule has 1 saturated heterocycles. The summed E-state index contributed by atoms with van der Waals surface area (Å²) in [5, 5.41) is 15.2. The van der Waals surface area contributed by atoms with Crippen molar-refractivity contribution in [3.05, 3.63) is 65.2 Å². The quantitative estimate of drug-likeness (QED) is 0.477. The Morgan fingerprint density at radius 1 is 1.21 bits per heavy atom. The van der Waals surface area contributed by atoms with Crippen molar-refractivity contribution in [1.29, 1.82) is 0 Å². The molecule has 39 heavy (non-hydrogen) atoms. The number of anilines is 1. The Morgan fingerprint density at radius 3 is 2.67 bits per heavy atom. The fourth-order valence-electron chi connectivity index (χ4n) is 5.26. The van der Waals surface area contributed by atoms with E-state index in [1.54, 1.807) is 4.52 Å². The van der Waals surface area contributed by atoms with Crippen molar-refractivity contribution in [2.75, 3.05) is 18.0 Å². The molecule has 208 valence electrons. The summed E-state index contributed by atoms with van der Waals surface area (Å²) in [6.45, 7) is 11.2. The highest BCUT2D eigenvalue weighted by Crippen LogP contribution is 2.38. The zero-order valence-electron chi connectivity index (χ0n) is 23.4. The summed E-state index contributed by atoms with van der Waals surface area (Å²) in [6, 6.07) is 9.94. The molecule has 5 heterocycles. The number of carboxylic acids is 1. The molecule has 2 aromatic heterocycles. The van der Waals surface area contributed by atoms with Gasteiger partial charge >= 0.3 is 5.97 Å². The summed E-state index contributed by atoms with van der Waals surface area (Å²) in [7, 11) is 0. The third-order valence-corrected chi connectivity index (χ3v) is 7.31. The van der Waals surface area contributed by atoms with Gasteiger partial charge in [0.1, 0.15) is 29.5 Å². The number of allylic oxidation sites excluding steroid dienone is 1. The van der Waals surface area contributed by atoms with Crippen LogP contribution in [0.1, 0.15) is 75.6 Å². The average molecular weight is 535 g/mol. The molecule has 3 aromatic rings. The summed E-state index contributed by atoms with van der Waals surface area (Å²) in [6.07, 6.45) is 5.93. The maximum Gasteiger partial charge on any atom is 0.337 e. The molecule has 3 aliphatic heterocycles. The topological polar surface area (TPSA) is 98.4 Å². The number of hydrogen-bond donors (Lipinski definition) is 1. The number of aromatic nitrogens is 3.